The summed E-state index contributed by atoms with van der Waals surface area (Å²) in [5.41, 5.74) is 3.52. The molecule has 0 radical (unpaired) electrons. The third-order valence-electron chi connectivity index (χ3n) is 16.8. The van der Waals surface area contributed by atoms with Gasteiger partial charge in [-0.15, -0.1) is 0 Å². The summed E-state index contributed by atoms with van der Waals surface area (Å²) in [6.45, 7) is 19.8. The lowest BCUT2D eigenvalue weighted by molar-refractivity contribution is -0.203. The van der Waals surface area contributed by atoms with E-state index in [0.29, 0.717) is 56.3 Å². The number of benzene rings is 1. The Bertz CT molecular complexity index is 1570. The van der Waals surface area contributed by atoms with Crippen molar-refractivity contribution in [1.82, 2.24) is 9.80 Å². The van der Waals surface area contributed by atoms with Crippen molar-refractivity contribution in [2.24, 2.45) is 50.2 Å². The quantitative estimate of drug-likeness (QED) is 0.246. The predicted molar refractivity (Wildman–Crippen MR) is 205 cm³/mol. The van der Waals surface area contributed by atoms with Crippen LogP contribution in [0.5, 0.6) is 5.75 Å². The Morgan fingerprint density at radius 3 is 2.20 bits per heavy atom. The third-order valence-corrected chi connectivity index (χ3v) is 16.8. The van der Waals surface area contributed by atoms with Gasteiger partial charge in [0, 0.05) is 38.7 Å². The van der Waals surface area contributed by atoms with Gasteiger partial charge in [0.1, 0.15) is 5.75 Å². The van der Waals surface area contributed by atoms with Gasteiger partial charge in [-0.3, -0.25) is 9.59 Å². The standard InChI is InChI=1S/C45H66N2O4/c1-40(2)21-23-45(30-39(50)47-27-25-46(26-28-47)38(49)16-11-31-9-12-32(51-8)13-10-31)24-22-43(6)33(34(45)29-40)14-15-36-42(5)19-18-37(48)41(3,4)35(42)17-20-44(36,43)7/h9-14,16,34-37,48H,15,17-30H2,1-8H3/b16-11+/t34-,35-,36+,37?,42-,43+,44+,45+/m0/s1. The zero-order chi connectivity index (χ0) is 36.6. The van der Waals surface area contributed by atoms with Crippen LogP contribution in [0.15, 0.2) is 42.0 Å². The Labute approximate surface area is 308 Å². The van der Waals surface area contributed by atoms with Gasteiger partial charge in [0.2, 0.25) is 11.8 Å². The predicted octanol–water partition coefficient (Wildman–Crippen LogP) is 8.93. The summed E-state index contributed by atoms with van der Waals surface area (Å²) in [4.78, 5) is 31.3. The molecule has 5 aliphatic carbocycles. The average molecular weight is 699 g/mol. The number of allylic oxidation sites excluding steroid dienone is 2. The largest absolute Gasteiger partial charge is 0.497 e. The molecule has 51 heavy (non-hydrogen) atoms. The number of carbonyl (C=O) groups excluding carboxylic acids is 2. The van der Waals surface area contributed by atoms with Crippen LogP contribution in [0.2, 0.25) is 0 Å². The summed E-state index contributed by atoms with van der Waals surface area (Å²) in [6, 6.07) is 7.69. The summed E-state index contributed by atoms with van der Waals surface area (Å²) in [7, 11) is 1.65. The van der Waals surface area contributed by atoms with Crippen molar-refractivity contribution in [2.45, 2.75) is 125 Å². The number of amides is 2. The molecule has 0 aromatic heterocycles. The van der Waals surface area contributed by atoms with Gasteiger partial charge in [0.05, 0.1) is 13.2 Å². The second-order valence-corrected chi connectivity index (χ2v) is 19.9. The van der Waals surface area contributed by atoms with E-state index in [1.54, 1.807) is 18.8 Å². The van der Waals surface area contributed by atoms with E-state index in [-0.39, 0.29) is 44.5 Å². The fourth-order valence-electron chi connectivity index (χ4n) is 13.2. The zero-order valence-corrected chi connectivity index (χ0v) is 33.0. The molecule has 1 aromatic rings. The number of hydrogen-bond donors (Lipinski definition) is 1. The second kappa shape index (κ2) is 12.8. The summed E-state index contributed by atoms with van der Waals surface area (Å²) in [6.07, 6.45) is 18.1. The molecule has 6 aliphatic rings. The van der Waals surface area contributed by atoms with Gasteiger partial charge < -0.3 is 19.6 Å². The van der Waals surface area contributed by atoms with Crippen LogP contribution in [0, 0.1) is 50.2 Å². The number of aliphatic hydroxyl groups excluding tert-OH is 1. The highest BCUT2D eigenvalue weighted by Crippen LogP contribution is 2.76. The number of carbonyl (C=O) groups is 2. The lowest BCUT2D eigenvalue weighted by atomic mass is 9.33. The fourth-order valence-corrected chi connectivity index (χ4v) is 13.2. The smallest absolute Gasteiger partial charge is 0.246 e. The van der Waals surface area contributed by atoms with Crippen molar-refractivity contribution in [3.05, 3.63) is 47.6 Å². The maximum Gasteiger partial charge on any atom is 0.246 e. The molecule has 1 N–H and O–H groups in total. The minimum atomic E-state index is -0.201. The Morgan fingerprint density at radius 2 is 1.51 bits per heavy atom. The summed E-state index contributed by atoms with van der Waals surface area (Å²) >= 11 is 0. The lowest BCUT2D eigenvalue weighted by Gasteiger charge is -2.71. The van der Waals surface area contributed by atoms with Gasteiger partial charge >= 0.3 is 0 Å². The van der Waals surface area contributed by atoms with Crippen LogP contribution in [0.25, 0.3) is 6.08 Å². The first-order chi connectivity index (χ1) is 24.0. The third kappa shape index (κ3) is 5.93. The zero-order valence-electron chi connectivity index (χ0n) is 33.0. The van der Waals surface area contributed by atoms with E-state index < -0.39 is 0 Å². The number of nitrogens with zero attached hydrogens (tertiary/aromatic N) is 2. The van der Waals surface area contributed by atoms with E-state index in [9.17, 15) is 14.7 Å². The van der Waals surface area contributed by atoms with Gasteiger partial charge in [-0.05, 0) is 138 Å². The molecule has 1 heterocycles. The Morgan fingerprint density at radius 1 is 0.843 bits per heavy atom. The van der Waals surface area contributed by atoms with Crippen LogP contribution in [-0.2, 0) is 9.59 Å². The van der Waals surface area contributed by atoms with Crippen LogP contribution in [-0.4, -0.2) is 66.1 Å². The molecule has 1 aromatic carbocycles. The summed E-state index contributed by atoms with van der Waals surface area (Å²) in [5, 5.41) is 11.1. The van der Waals surface area contributed by atoms with Crippen molar-refractivity contribution < 1.29 is 19.4 Å². The van der Waals surface area contributed by atoms with Crippen LogP contribution in [0.3, 0.4) is 0 Å². The fraction of sp³-hybridized carbons (Fsp3) is 0.733. The van der Waals surface area contributed by atoms with Crippen molar-refractivity contribution in [2.75, 3.05) is 33.3 Å². The van der Waals surface area contributed by atoms with Crippen LogP contribution < -0.4 is 4.74 Å². The maximum absolute atomic E-state index is 14.3. The highest BCUT2D eigenvalue weighted by Gasteiger charge is 2.68. The van der Waals surface area contributed by atoms with Crippen molar-refractivity contribution in [3.63, 3.8) is 0 Å². The molecule has 0 bridgehead atoms. The molecule has 2 amide bonds. The molecule has 280 valence electrons. The van der Waals surface area contributed by atoms with E-state index >= 15 is 0 Å². The first-order valence-corrected chi connectivity index (χ1v) is 20.3. The van der Waals surface area contributed by atoms with E-state index in [4.69, 9.17) is 4.74 Å². The summed E-state index contributed by atoms with van der Waals surface area (Å²) in [5.74, 6) is 2.72. The first-order valence-electron chi connectivity index (χ1n) is 20.3. The monoisotopic (exact) mass is 699 g/mol. The molecule has 4 saturated carbocycles. The molecule has 6 heteroatoms. The Hall–Kier alpha value is -2.60. The van der Waals surface area contributed by atoms with E-state index in [2.05, 4.69) is 59.4 Å². The molecule has 1 aliphatic heterocycles. The maximum atomic E-state index is 14.3. The normalized spacial score (nSPS) is 40.0. The first kappa shape index (κ1) is 36.7. The topological polar surface area (TPSA) is 70.1 Å². The number of ether oxygens (including phenoxy) is 1. The van der Waals surface area contributed by atoms with Gasteiger partial charge in [-0.25, -0.2) is 0 Å². The van der Waals surface area contributed by atoms with E-state index in [1.807, 2.05) is 35.2 Å². The molecule has 8 atom stereocenters. The molecule has 1 saturated heterocycles. The van der Waals surface area contributed by atoms with Gasteiger partial charge in [-0.1, -0.05) is 72.2 Å². The number of hydrogen-bond acceptors (Lipinski definition) is 4. The number of aliphatic hydroxyl groups is 1. The SMILES string of the molecule is COc1ccc(/C=C/C(=O)N2CCN(C(=O)C[C@]34CCC(C)(C)C[C@H]3C3=CC[C@@H]5[C@@]6(C)CCC(O)C(C)(C)[C@@H]6CC[C@@]5(C)[C@]3(C)CC4)CC2)cc1. The number of fused-ring (bicyclic) bond motifs is 7. The van der Waals surface area contributed by atoms with Crippen LogP contribution in [0.4, 0.5) is 0 Å². The van der Waals surface area contributed by atoms with E-state index in [0.717, 1.165) is 43.4 Å². The van der Waals surface area contributed by atoms with Crippen molar-refractivity contribution in [1.29, 1.82) is 0 Å². The number of methoxy groups -OCH3 is 1. The van der Waals surface area contributed by atoms with Gasteiger partial charge in [0.25, 0.3) is 0 Å². The Balaban J connectivity index is 1.07. The minimum absolute atomic E-state index is 0.00421. The highest BCUT2D eigenvalue weighted by atomic mass is 16.5. The van der Waals surface area contributed by atoms with Crippen LogP contribution >= 0.6 is 0 Å². The van der Waals surface area contributed by atoms with Crippen molar-refractivity contribution in [3.8, 4) is 5.75 Å². The lowest BCUT2D eigenvalue weighted by Crippen LogP contribution is -2.64. The van der Waals surface area contributed by atoms with E-state index in [1.165, 1.54) is 32.1 Å². The highest BCUT2D eigenvalue weighted by molar-refractivity contribution is 5.92. The Kier molecular flexibility index (Phi) is 9.20. The summed E-state index contributed by atoms with van der Waals surface area (Å²) < 4.78 is 5.24. The molecule has 0 spiro atoms. The molecule has 5 fully saturated rings. The van der Waals surface area contributed by atoms with Gasteiger partial charge in [0.15, 0.2) is 0 Å². The van der Waals surface area contributed by atoms with Crippen LogP contribution in [0.1, 0.15) is 125 Å². The molecule has 7 rings (SSSR count). The number of piperazine rings is 1. The number of rotatable bonds is 5. The molecular weight excluding hydrogens is 633 g/mol. The molecule has 6 nitrogen and oxygen atoms in total. The molecular formula is C45H66N2O4. The minimum Gasteiger partial charge on any atom is -0.497 e. The second-order valence-electron chi connectivity index (χ2n) is 19.9. The average Bonchev–Trinajstić information content (AvgIpc) is 3.10. The molecule has 1 unspecified atom stereocenters. The van der Waals surface area contributed by atoms with Crippen molar-refractivity contribution >= 4 is 17.9 Å². The van der Waals surface area contributed by atoms with Gasteiger partial charge in [-0.2, -0.15) is 0 Å².